The third-order valence-electron chi connectivity index (χ3n) is 2.32. The Bertz CT molecular complexity index is 496. The van der Waals surface area contributed by atoms with E-state index in [2.05, 4.69) is 26.0 Å². The monoisotopic (exact) mass is 267 g/mol. The summed E-state index contributed by atoms with van der Waals surface area (Å²) in [5.41, 5.74) is 0.787. The molecule has 0 fully saturated rings. The quantitative estimate of drug-likeness (QED) is 0.675. The van der Waals surface area contributed by atoms with E-state index >= 15 is 0 Å². The standard InChI is InChI=1S/C11H17N5O3/c1-8-5-9(16-19-8)6-13-11-15-14-10(18-11)7-12-3-4-17-2/h5,12H,3-4,6-7H2,1-2H3,(H,13,15). The average Bonchev–Trinajstić information content (AvgIpc) is 3.01. The van der Waals surface area contributed by atoms with Crippen molar-refractivity contribution in [1.29, 1.82) is 0 Å². The van der Waals surface area contributed by atoms with Crippen molar-refractivity contribution in [3.05, 3.63) is 23.4 Å². The lowest BCUT2D eigenvalue weighted by molar-refractivity contribution is 0.198. The van der Waals surface area contributed by atoms with Gasteiger partial charge in [-0.2, -0.15) is 0 Å². The van der Waals surface area contributed by atoms with Gasteiger partial charge in [0.25, 0.3) is 0 Å². The molecular weight excluding hydrogens is 250 g/mol. The lowest BCUT2D eigenvalue weighted by Crippen LogP contribution is -2.18. The Morgan fingerprint density at radius 3 is 2.95 bits per heavy atom. The van der Waals surface area contributed by atoms with Crippen LogP contribution in [0.1, 0.15) is 17.3 Å². The number of methoxy groups -OCH3 is 1. The molecule has 0 aliphatic heterocycles. The fourth-order valence-electron chi connectivity index (χ4n) is 1.43. The molecule has 0 atom stereocenters. The minimum Gasteiger partial charge on any atom is -0.407 e. The minimum absolute atomic E-state index is 0.365. The van der Waals surface area contributed by atoms with Crippen molar-refractivity contribution >= 4 is 6.01 Å². The van der Waals surface area contributed by atoms with Crippen molar-refractivity contribution in [2.24, 2.45) is 0 Å². The highest BCUT2D eigenvalue weighted by Crippen LogP contribution is 2.08. The smallest absolute Gasteiger partial charge is 0.315 e. The van der Waals surface area contributed by atoms with Crippen molar-refractivity contribution in [1.82, 2.24) is 20.7 Å². The van der Waals surface area contributed by atoms with E-state index in [1.165, 1.54) is 0 Å². The number of hydrogen-bond donors (Lipinski definition) is 2. The Morgan fingerprint density at radius 1 is 1.32 bits per heavy atom. The maximum atomic E-state index is 5.40. The van der Waals surface area contributed by atoms with Crippen LogP contribution < -0.4 is 10.6 Å². The highest BCUT2D eigenvalue weighted by atomic mass is 16.5. The fourth-order valence-corrected chi connectivity index (χ4v) is 1.43. The number of hydrogen-bond acceptors (Lipinski definition) is 8. The largest absolute Gasteiger partial charge is 0.407 e. The van der Waals surface area contributed by atoms with Crippen LogP contribution in [-0.2, 0) is 17.8 Å². The summed E-state index contributed by atoms with van der Waals surface area (Å²) < 4.78 is 15.3. The van der Waals surface area contributed by atoms with Crippen molar-refractivity contribution < 1.29 is 13.7 Å². The van der Waals surface area contributed by atoms with Crippen LogP contribution in [0.15, 0.2) is 15.0 Å². The maximum Gasteiger partial charge on any atom is 0.315 e. The van der Waals surface area contributed by atoms with E-state index in [-0.39, 0.29) is 0 Å². The molecule has 104 valence electrons. The molecule has 0 radical (unpaired) electrons. The van der Waals surface area contributed by atoms with Crippen molar-refractivity contribution in [2.45, 2.75) is 20.0 Å². The van der Waals surface area contributed by atoms with Crippen LogP contribution in [0.25, 0.3) is 0 Å². The van der Waals surface area contributed by atoms with Gasteiger partial charge in [-0.15, -0.1) is 5.10 Å². The first-order valence-corrected chi connectivity index (χ1v) is 5.96. The Hall–Kier alpha value is -1.93. The Morgan fingerprint density at radius 2 is 2.21 bits per heavy atom. The predicted molar refractivity (Wildman–Crippen MR) is 66.4 cm³/mol. The van der Waals surface area contributed by atoms with E-state index in [0.29, 0.717) is 31.6 Å². The number of aromatic nitrogens is 3. The number of nitrogens with zero attached hydrogens (tertiary/aromatic N) is 3. The normalized spacial score (nSPS) is 10.8. The van der Waals surface area contributed by atoms with Gasteiger partial charge in [-0.1, -0.05) is 10.3 Å². The van der Waals surface area contributed by atoms with Crippen molar-refractivity contribution in [2.75, 3.05) is 25.6 Å². The van der Waals surface area contributed by atoms with Gasteiger partial charge in [-0.05, 0) is 6.92 Å². The summed E-state index contributed by atoms with van der Waals surface area (Å²) >= 11 is 0. The van der Waals surface area contributed by atoms with Crippen LogP contribution in [0, 0.1) is 6.92 Å². The molecule has 0 aromatic carbocycles. The summed E-state index contributed by atoms with van der Waals surface area (Å²) in [6.45, 7) is 4.22. The third-order valence-corrected chi connectivity index (χ3v) is 2.32. The minimum atomic E-state index is 0.365. The lowest BCUT2D eigenvalue weighted by atomic mass is 10.4. The predicted octanol–water partition coefficient (Wildman–Crippen LogP) is 0.714. The summed E-state index contributed by atoms with van der Waals surface area (Å²) in [7, 11) is 1.65. The Balaban J connectivity index is 1.74. The van der Waals surface area contributed by atoms with Crippen LogP contribution >= 0.6 is 0 Å². The molecule has 0 aliphatic carbocycles. The summed E-state index contributed by atoms with van der Waals surface area (Å²) in [5.74, 6) is 1.29. The number of anilines is 1. The molecule has 0 saturated carbocycles. The molecule has 0 saturated heterocycles. The molecule has 2 rings (SSSR count). The number of rotatable bonds is 8. The number of ether oxygens (including phenoxy) is 1. The summed E-state index contributed by atoms with van der Waals surface area (Å²) in [6, 6.07) is 2.21. The van der Waals surface area contributed by atoms with Gasteiger partial charge in [0.05, 0.1) is 19.7 Å². The van der Waals surface area contributed by atoms with Gasteiger partial charge in [0, 0.05) is 19.7 Å². The topological polar surface area (TPSA) is 98.2 Å². The highest BCUT2D eigenvalue weighted by molar-refractivity contribution is 5.19. The van der Waals surface area contributed by atoms with Gasteiger partial charge >= 0.3 is 6.01 Å². The van der Waals surface area contributed by atoms with Crippen LogP contribution in [-0.4, -0.2) is 35.6 Å². The lowest BCUT2D eigenvalue weighted by Gasteiger charge is -1.99. The van der Waals surface area contributed by atoms with Crippen LogP contribution in [0.4, 0.5) is 6.01 Å². The van der Waals surface area contributed by atoms with Crippen LogP contribution in [0.3, 0.4) is 0 Å². The van der Waals surface area contributed by atoms with Crippen LogP contribution in [0.5, 0.6) is 0 Å². The van der Waals surface area contributed by atoms with Gasteiger partial charge in [0.15, 0.2) is 0 Å². The fraction of sp³-hybridized carbons (Fsp3) is 0.545. The Labute approximate surface area is 110 Å². The molecule has 0 unspecified atom stereocenters. The molecule has 2 aromatic heterocycles. The molecule has 2 heterocycles. The number of nitrogens with one attached hydrogen (secondary N) is 2. The number of aryl methyl sites for hydroxylation is 1. The molecule has 8 nitrogen and oxygen atoms in total. The first-order valence-electron chi connectivity index (χ1n) is 5.96. The van der Waals surface area contributed by atoms with Gasteiger partial charge < -0.3 is 24.3 Å². The van der Waals surface area contributed by atoms with Crippen molar-refractivity contribution in [3.63, 3.8) is 0 Å². The van der Waals surface area contributed by atoms with E-state index in [9.17, 15) is 0 Å². The molecule has 0 amide bonds. The summed E-state index contributed by atoms with van der Waals surface area (Å²) in [6.07, 6.45) is 0. The van der Waals surface area contributed by atoms with E-state index in [1.807, 2.05) is 13.0 Å². The third kappa shape index (κ3) is 4.34. The zero-order valence-electron chi connectivity index (χ0n) is 11.0. The molecule has 8 heteroatoms. The van der Waals surface area contributed by atoms with Crippen molar-refractivity contribution in [3.8, 4) is 0 Å². The van der Waals surface area contributed by atoms with Gasteiger partial charge in [0.1, 0.15) is 11.5 Å². The molecule has 19 heavy (non-hydrogen) atoms. The van der Waals surface area contributed by atoms with Gasteiger partial charge in [-0.25, -0.2) is 0 Å². The first-order chi connectivity index (χ1) is 9.28. The van der Waals surface area contributed by atoms with E-state index in [0.717, 1.165) is 18.0 Å². The molecule has 0 aliphatic rings. The second kappa shape index (κ2) is 6.86. The van der Waals surface area contributed by atoms with Crippen LogP contribution in [0.2, 0.25) is 0 Å². The second-order valence-corrected chi connectivity index (χ2v) is 3.95. The summed E-state index contributed by atoms with van der Waals surface area (Å²) in [5, 5.41) is 17.7. The van der Waals surface area contributed by atoms with Gasteiger partial charge in [0.2, 0.25) is 5.89 Å². The molecule has 0 spiro atoms. The molecule has 2 aromatic rings. The van der Waals surface area contributed by atoms with E-state index in [4.69, 9.17) is 13.7 Å². The van der Waals surface area contributed by atoms with Gasteiger partial charge in [-0.3, -0.25) is 0 Å². The zero-order chi connectivity index (χ0) is 13.5. The van der Waals surface area contributed by atoms with E-state index in [1.54, 1.807) is 7.11 Å². The molecule has 0 bridgehead atoms. The summed E-state index contributed by atoms with van der Waals surface area (Å²) in [4.78, 5) is 0. The maximum absolute atomic E-state index is 5.40. The second-order valence-electron chi connectivity index (χ2n) is 3.95. The average molecular weight is 267 g/mol. The highest BCUT2D eigenvalue weighted by Gasteiger charge is 2.06. The molecule has 2 N–H and O–H groups in total. The Kier molecular flexibility index (Phi) is 4.87. The first kappa shape index (κ1) is 13.5. The SMILES string of the molecule is COCCNCc1nnc(NCc2cc(C)on2)o1. The molecular formula is C11H17N5O3. The zero-order valence-corrected chi connectivity index (χ0v) is 11.0. The van der Waals surface area contributed by atoms with E-state index < -0.39 is 0 Å².